The van der Waals surface area contributed by atoms with Crippen molar-refractivity contribution in [2.45, 2.75) is 6.10 Å². The Morgan fingerprint density at radius 2 is 1.86 bits per heavy atom. The summed E-state index contributed by atoms with van der Waals surface area (Å²) in [5.74, 6) is -1.45. The van der Waals surface area contributed by atoms with Gasteiger partial charge in [-0.1, -0.05) is 53.5 Å². The SMILES string of the molecule is COC(=O)C(OC(=O)c1cnc(Cl)c(Cl)c1)c1ccccc1. The molecule has 2 rings (SSSR count). The van der Waals surface area contributed by atoms with Crippen molar-refractivity contribution >= 4 is 35.1 Å². The lowest BCUT2D eigenvalue weighted by Gasteiger charge is -2.16. The molecule has 0 aliphatic heterocycles. The molecule has 0 aliphatic carbocycles. The predicted molar refractivity (Wildman–Crippen MR) is 80.9 cm³/mol. The summed E-state index contributed by atoms with van der Waals surface area (Å²) in [6, 6.07) is 9.85. The lowest BCUT2D eigenvalue weighted by Crippen LogP contribution is -2.21. The van der Waals surface area contributed by atoms with Crippen molar-refractivity contribution in [2.24, 2.45) is 0 Å². The molecule has 0 saturated carbocycles. The molecule has 0 radical (unpaired) electrons. The van der Waals surface area contributed by atoms with Crippen LogP contribution in [0.25, 0.3) is 0 Å². The minimum atomic E-state index is -1.17. The first-order valence-electron chi connectivity index (χ1n) is 6.17. The lowest BCUT2D eigenvalue weighted by atomic mass is 10.1. The zero-order valence-corrected chi connectivity index (χ0v) is 13.0. The molecule has 0 aliphatic rings. The van der Waals surface area contributed by atoms with E-state index in [4.69, 9.17) is 27.9 Å². The highest BCUT2D eigenvalue weighted by Crippen LogP contribution is 2.23. The number of hydrogen-bond acceptors (Lipinski definition) is 5. The van der Waals surface area contributed by atoms with Crippen molar-refractivity contribution in [1.82, 2.24) is 4.98 Å². The molecule has 0 fully saturated rings. The number of rotatable bonds is 4. The average molecular weight is 340 g/mol. The van der Waals surface area contributed by atoms with Crippen LogP contribution in [0.3, 0.4) is 0 Å². The Labute approximate surface area is 136 Å². The number of ether oxygens (including phenoxy) is 2. The van der Waals surface area contributed by atoms with E-state index in [0.29, 0.717) is 5.56 Å². The molecule has 1 aromatic carbocycles. The quantitative estimate of drug-likeness (QED) is 0.630. The molecule has 5 nitrogen and oxygen atoms in total. The number of hydrogen-bond donors (Lipinski definition) is 0. The van der Waals surface area contributed by atoms with Crippen molar-refractivity contribution in [3.05, 3.63) is 63.9 Å². The third kappa shape index (κ3) is 3.75. The lowest BCUT2D eigenvalue weighted by molar-refractivity contribution is -0.151. The number of methoxy groups -OCH3 is 1. The van der Waals surface area contributed by atoms with Gasteiger partial charge >= 0.3 is 11.9 Å². The van der Waals surface area contributed by atoms with Gasteiger partial charge in [0, 0.05) is 11.8 Å². The molecular weight excluding hydrogens is 329 g/mol. The van der Waals surface area contributed by atoms with Crippen LogP contribution in [0.4, 0.5) is 0 Å². The van der Waals surface area contributed by atoms with Gasteiger partial charge in [0.15, 0.2) is 0 Å². The Balaban J connectivity index is 2.25. The molecule has 0 bridgehead atoms. The summed E-state index contributed by atoms with van der Waals surface area (Å²) in [5.41, 5.74) is 0.579. The molecule has 114 valence electrons. The first-order chi connectivity index (χ1) is 10.5. The third-order valence-corrected chi connectivity index (χ3v) is 3.46. The second-order valence-corrected chi connectivity index (χ2v) is 4.98. The Kier molecular flexibility index (Phi) is 5.35. The van der Waals surface area contributed by atoms with Gasteiger partial charge in [0.2, 0.25) is 6.10 Å². The van der Waals surface area contributed by atoms with Gasteiger partial charge in [-0.15, -0.1) is 0 Å². The van der Waals surface area contributed by atoms with Gasteiger partial charge in [-0.25, -0.2) is 14.6 Å². The second kappa shape index (κ2) is 7.24. The van der Waals surface area contributed by atoms with Crippen LogP contribution in [0, 0.1) is 0 Å². The number of carbonyl (C=O) groups excluding carboxylic acids is 2. The maximum atomic E-state index is 12.1. The summed E-state index contributed by atoms with van der Waals surface area (Å²) < 4.78 is 9.88. The van der Waals surface area contributed by atoms with Crippen molar-refractivity contribution in [3.8, 4) is 0 Å². The summed E-state index contributed by atoms with van der Waals surface area (Å²) >= 11 is 11.5. The smallest absolute Gasteiger partial charge is 0.351 e. The van der Waals surface area contributed by atoms with Gasteiger partial charge in [-0.2, -0.15) is 0 Å². The normalized spacial score (nSPS) is 11.6. The summed E-state index contributed by atoms with van der Waals surface area (Å²) in [6.45, 7) is 0. The first kappa shape index (κ1) is 16.3. The molecule has 1 heterocycles. The van der Waals surface area contributed by atoms with E-state index in [1.165, 1.54) is 19.4 Å². The zero-order chi connectivity index (χ0) is 16.1. The summed E-state index contributed by atoms with van der Waals surface area (Å²) in [5, 5.41) is 0.191. The number of benzene rings is 1. The van der Waals surface area contributed by atoms with Crippen molar-refractivity contribution in [1.29, 1.82) is 0 Å². The summed E-state index contributed by atoms with van der Waals surface area (Å²) in [4.78, 5) is 27.7. The molecule has 2 aromatic rings. The molecule has 7 heteroatoms. The summed E-state index contributed by atoms with van der Waals surface area (Å²) in [6.07, 6.45) is 0.0451. The third-order valence-electron chi connectivity index (χ3n) is 2.77. The molecule has 1 aromatic heterocycles. The minimum Gasteiger partial charge on any atom is -0.466 e. The number of aromatic nitrogens is 1. The van der Waals surface area contributed by atoms with Crippen LogP contribution in [0.15, 0.2) is 42.6 Å². The van der Waals surface area contributed by atoms with Crippen molar-refractivity contribution < 1.29 is 19.1 Å². The zero-order valence-electron chi connectivity index (χ0n) is 11.5. The fourth-order valence-corrected chi connectivity index (χ4v) is 1.96. The molecular formula is C15H11Cl2NO4. The van der Waals surface area contributed by atoms with E-state index in [0.717, 1.165) is 0 Å². The fourth-order valence-electron chi connectivity index (χ4n) is 1.70. The van der Waals surface area contributed by atoms with E-state index in [2.05, 4.69) is 9.72 Å². The molecule has 0 saturated heterocycles. The molecule has 0 spiro atoms. The first-order valence-corrected chi connectivity index (χ1v) is 6.93. The van der Waals surface area contributed by atoms with E-state index < -0.39 is 18.0 Å². The number of pyridine rings is 1. The van der Waals surface area contributed by atoms with Crippen LogP contribution in [0.2, 0.25) is 10.2 Å². The van der Waals surface area contributed by atoms with Crippen molar-refractivity contribution in [2.75, 3.05) is 7.11 Å². The van der Waals surface area contributed by atoms with Crippen LogP contribution in [0.1, 0.15) is 22.0 Å². The van der Waals surface area contributed by atoms with E-state index in [1.807, 2.05) is 0 Å². The molecule has 0 amide bonds. The molecule has 22 heavy (non-hydrogen) atoms. The summed E-state index contributed by atoms with van der Waals surface area (Å²) in [7, 11) is 1.22. The maximum absolute atomic E-state index is 12.1. The van der Waals surface area contributed by atoms with Gasteiger partial charge in [0.1, 0.15) is 5.15 Å². The van der Waals surface area contributed by atoms with E-state index >= 15 is 0 Å². The Morgan fingerprint density at radius 3 is 2.45 bits per heavy atom. The van der Waals surface area contributed by atoms with Gasteiger partial charge in [-0.05, 0) is 6.07 Å². The van der Waals surface area contributed by atoms with Crippen LogP contribution in [-0.2, 0) is 14.3 Å². The Morgan fingerprint density at radius 1 is 1.18 bits per heavy atom. The number of esters is 2. The molecule has 0 N–H and O–H groups in total. The van der Waals surface area contributed by atoms with Crippen LogP contribution in [-0.4, -0.2) is 24.0 Å². The van der Waals surface area contributed by atoms with E-state index in [1.54, 1.807) is 30.3 Å². The van der Waals surface area contributed by atoms with Crippen LogP contribution < -0.4 is 0 Å². The largest absolute Gasteiger partial charge is 0.466 e. The highest BCUT2D eigenvalue weighted by molar-refractivity contribution is 6.41. The number of carbonyl (C=O) groups is 2. The van der Waals surface area contributed by atoms with E-state index in [9.17, 15) is 9.59 Å². The molecule has 1 atom stereocenters. The highest BCUT2D eigenvalue weighted by Gasteiger charge is 2.26. The predicted octanol–water partition coefficient (Wildman–Crippen LogP) is 3.46. The average Bonchev–Trinajstić information content (AvgIpc) is 2.55. The van der Waals surface area contributed by atoms with E-state index in [-0.39, 0.29) is 15.7 Å². The van der Waals surface area contributed by atoms with Gasteiger partial charge in [0.05, 0.1) is 17.7 Å². The topological polar surface area (TPSA) is 65.5 Å². The monoisotopic (exact) mass is 339 g/mol. The minimum absolute atomic E-state index is 0.0748. The van der Waals surface area contributed by atoms with Crippen LogP contribution >= 0.6 is 23.2 Å². The standard InChI is InChI=1S/C15H11Cl2NO4/c1-21-15(20)12(9-5-3-2-4-6-9)22-14(19)10-7-11(16)13(17)18-8-10/h2-8,12H,1H3. The van der Waals surface area contributed by atoms with Crippen molar-refractivity contribution in [3.63, 3.8) is 0 Å². The number of halogens is 2. The van der Waals surface area contributed by atoms with Gasteiger partial charge in [0.25, 0.3) is 0 Å². The Hall–Kier alpha value is -2.11. The van der Waals surface area contributed by atoms with Crippen LogP contribution in [0.5, 0.6) is 0 Å². The van der Waals surface area contributed by atoms with Gasteiger partial charge in [-0.3, -0.25) is 0 Å². The Bertz CT molecular complexity index is 691. The van der Waals surface area contributed by atoms with Gasteiger partial charge < -0.3 is 9.47 Å². The maximum Gasteiger partial charge on any atom is 0.351 e. The molecule has 1 unspecified atom stereocenters. The fraction of sp³-hybridized carbons (Fsp3) is 0.133. The highest BCUT2D eigenvalue weighted by atomic mass is 35.5. The number of nitrogens with zero attached hydrogens (tertiary/aromatic N) is 1. The second-order valence-electron chi connectivity index (χ2n) is 4.22.